The van der Waals surface area contributed by atoms with Crippen molar-refractivity contribution in [3.8, 4) is 11.5 Å². The van der Waals surface area contributed by atoms with Gasteiger partial charge in [-0.1, -0.05) is 5.21 Å². The van der Waals surface area contributed by atoms with E-state index in [1.165, 1.54) is 19.0 Å². The highest BCUT2D eigenvalue weighted by Crippen LogP contribution is 2.49. The van der Waals surface area contributed by atoms with Gasteiger partial charge < -0.3 is 14.1 Å². The van der Waals surface area contributed by atoms with Gasteiger partial charge in [-0.25, -0.2) is 4.68 Å². The van der Waals surface area contributed by atoms with E-state index >= 15 is 0 Å². The van der Waals surface area contributed by atoms with Crippen LogP contribution in [0.4, 0.5) is 8.78 Å². The van der Waals surface area contributed by atoms with Gasteiger partial charge in [-0.2, -0.15) is 8.78 Å². The molecule has 3 fully saturated rings. The topological polar surface area (TPSA) is 95.0 Å². The van der Waals surface area contributed by atoms with Crippen molar-refractivity contribution < 1.29 is 17.9 Å². The molecule has 1 spiro atoms. The summed E-state index contributed by atoms with van der Waals surface area (Å²) in [5, 5.41) is 15.7. The third kappa shape index (κ3) is 4.04. The molecule has 2 saturated heterocycles. The second kappa shape index (κ2) is 8.21. The largest absolute Gasteiger partial charge is 0.415 e. The number of rotatable bonds is 6. The lowest BCUT2D eigenvalue weighted by atomic mass is 9.63. The molecule has 0 atom stereocenters. The van der Waals surface area contributed by atoms with Crippen LogP contribution in [0.1, 0.15) is 55.3 Å². The van der Waals surface area contributed by atoms with E-state index in [4.69, 9.17) is 9.15 Å². The Balaban J connectivity index is 1.03. The van der Waals surface area contributed by atoms with Crippen LogP contribution in [-0.2, 0) is 11.3 Å². The number of halogens is 2. The van der Waals surface area contributed by atoms with E-state index in [1.54, 1.807) is 16.8 Å². The lowest BCUT2D eigenvalue weighted by molar-refractivity contribution is -0.185. The summed E-state index contributed by atoms with van der Waals surface area (Å²) < 4.78 is 37.4. The SMILES string of the molecule is FC(F)c1nnc(-c2ccc(Cn3cc(C4CCN(C5CC6(COC6)C5)CC4)nn3)nc2)o1. The molecule has 2 aliphatic heterocycles. The van der Waals surface area contributed by atoms with Crippen LogP contribution in [0.5, 0.6) is 0 Å². The summed E-state index contributed by atoms with van der Waals surface area (Å²) in [6.07, 6.45) is 5.55. The van der Waals surface area contributed by atoms with Gasteiger partial charge >= 0.3 is 6.43 Å². The van der Waals surface area contributed by atoms with Gasteiger partial charge in [-0.05, 0) is 50.9 Å². The molecule has 0 aromatic carbocycles. The first-order valence-electron chi connectivity index (χ1n) is 11.4. The maximum absolute atomic E-state index is 12.6. The molecule has 33 heavy (non-hydrogen) atoms. The number of likely N-dealkylation sites (tertiary alicyclic amines) is 1. The van der Waals surface area contributed by atoms with Crippen molar-refractivity contribution >= 4 is 0 Å². The smallest absolute Gasteiger partial charge is 0.314 e. The van der Waals surface area contributed by atoms with E-state index in [-0.39, 0.29) is 5.89 Å². The van der Waals surface area contributed by atoms with Gasteiger partial charge in [-0.3, -0.25) is 4.98 Å². The molecule has 3 aromatic rings. The fourth-order valence-corrected chi connectivity index (χ4v) is 5.21. The minimum atomic E-state index is -2.79. The van der Waals surface area contributed by atoms with Gasteiger partial charge in [0.15, 0.2) is 0 Å². The Bertz CT molecular complexity index is 1100. The van der Waals surface area contributed by atoms with E-state index in [1.807, 2.05) is 6.20 Å². The predicted molar refractivity (Wildman–Crippen MR) is 111 cm³/mol. The average Bonchev–Trinajstić information content (AvgIpc) is 3.43. The van der Waals surface area contributed by atoms with Gasteiger partial charge in [0.25, 0.3) is 5.89 Å². The quantitative estimate of drug-likeness (QED) is 0.557. The molecule has 0 radical (unpaired) electrons. The molecule has 9 nitrogen and oxygen atoms in total. The highest BCUT2D eigenvalue weighted by molar-refractivity contribution is 5.50. The maximum atomic E-state index is 12.6. The zero-order valence-electron chi connectivity index (χ0n) is 18.1. The van der Waals surface area contributed by atoms with Crippen molar-refractivity contribution in [2.24, 2.45) is 5.41 Å². The lowest BCUT2D eigenvalue weighted by Gasteiger charge is -2.57. The number of piperidine rings is 1. The number of hydrogen-bond acceptors (Lipinski definition) is 8. The number of nitrogens with zero attached hydrogens (tertiary/aromatic N) is 7. The maximum Gasteiger partial charge on any atom is 0.314 e. The van der Waals surface area contributed by atoms with Crippen LogP contribution in [0.25, 0.3) is 11.5 Å². The molecule has 5 heterocycles. The Kier molecular flexibility index (Phi) is 5.17. The summed E-state index contributed by atoms with van der Waals surface area (Å²) in [4.78, 5) is 7.02. The Morgan fingerprint density at radius 1 is 1.09 bits per heavy atom. The monoisotopic (exact) mass is 457 g/mol. The molecular formula is C22H25F2N7O2. The molecule has 1 aliphatic carbocycles. The first-order chi connectivity index (χ1) is 16.1. The number of alkyl halides is 2. The van der Waals surface area contributed by atoms with Crippen molar-refractivity contribution in [3.63, 3.8) is 0 Å². The zero-order chi connectivity index (χ0) is 22.4. The third-order valence-electron chi connectivity index (χ3n) is 7.20. The Hall–Kier alpha value is -2.79. The summed E-state index contributed by atoms with van der Waals surface area (Å²) in [7, 11) is 0. The van der Waals surface area contributed by atoms with Crippen molar-refractivity contribution in [2.75, 3.05) is 26.3 Å². The van der Waals surface area contributed by atoms with Crippen molar-refractivity contribution in [3.05, 3.63) is 41.8 Å². The van der Waals surface area contributed by atoms with E-state index in [0.717, 1.165) is 56.6 Å². The number of aromatic nitrogens is 6. The number of pyridine rings is 1. The molecule has 6 rings (SSSR count). The van der Waals surface area contributed by atoms with Crippen molar-refractivity contribution in [1.82, 2.24) is 35.1 Å². The highest BCUT2D eigenvalue weighted by Gasteiger charge is 2.51. The Morgan fingerprint density at radius 2 is 1.91 bits per heavy atom. The van der Waals surface area contributed by atoms with E-state index in [0.29, 0.717) is 23.4 Å². The standard InChI is InChI=1S/C22H25F2N7O2/c23-19(24)21-28-27-20(33-21)15-1-2-16(25-9-15)10-31-11-18(26-29-31)14-3-5-30(6-4-14)17-7-22(8-17)12-32-13-22/h1-2,9,11,14,17,19H,3-8,10,12-13H2. The molecule has 1 saturated carbocycles. The van der Waals surface area contributed by atoms with Crippen LogP contribution in [0.3, 0.4) is 0 Å². The van der Waals surface area contributed by atoms with Crippen LogP contribution in [0.2, 0.25) is 0 Å². The molecule has 0 bridgehead atoms. The molecule has 3 aromatic heterocycles. The first-order valence-corrected chi connectivity index (χ1v) is 11.4. The minimum Gasteiger partial charge on any atom is -0.415 e. The van der Waals surface area contributed by atoms with E-state index < -0.39 is 12.3 Å². The summed E-state index contributed by atoms with van der Waals surface area (Å²) in [6, 6.07) is 4.24. The first kappa shape index (κ1) is 20.8. The zero-order valence-corrected chi connectivity index (χ0v) is 18.1. The number of hydrogen-bond donors (Lipinski definition) is 0. The molecule has 0 unspecified atom stereocenters. The Labute approximate surface area is 189 Å². The fraction of sp³-hybridized carbons (Fsp3) is 0.591. The van der Waals surface area contributed by atoms with Crippen LogP contribution in [0, 0.1) is 5.41 Å². The summed E-state index contributed by atoms with van der Waals surface area (Å²) in [5.74, 6) is -0.232. The second-order valence-corrected chi connectivity index (χ2v) is 9.49. The average molecular weight is 457 g/mol. The molecule has 11 heteroatoms. The van der Waals surface area contributed by atoms with Gasteiger partial charge in [0, 0.05) is 29.8 Å². The van der Waals surface area contributed by atoms with Crippen molar-refractivity contribution in [1.29, 1.82) is 0 Å². The van der Waals surface area contributed by atoms with Gasteiger partial charge in [0.2, 0.25) is 5.89 Å². The summed E-state index contributed by atoms with van der Waals surface area (Å²) >= 11 is 0. The fourth-order valence-electron chi connectivity index (χ4n) is 5.21. The predicted octanol–water partition coefficient (Wildman–Crippen LogP) is 3.07. The minimum absolute atomic E-state index is 0.0248. The van der Waals surface area contributed by atoms with Gasteiger partial charge in [-0.15, -0.1) is 15.3 Å². The highest BCUT2D eigenvalue weighted by atomic mass is 19.3. The van der Waals surface area contributed by atoms with E-state index in [9.17, 15) is 8.78 Å². The van der Waals surface area contributed by atoms with Crippen LogP contribution >= 0.6 is 0 Å². The molecule has 3 aliphatic rings. The van der Waals surface area contributed by atoms with Gasteiger partial charge in [0.05, 0.1) is 36.7 Å². The third-order valence-corrected chi connectivity index (χ3v) is 7.20. The normalized spacial score (nSPS) is 21.4. The second-order valence-electron chi connectivity index (χ2n) is 9.49. The molecular weight excluding hydrogens is 432 g/mol. The molecule has 0 amide bonds. The lowest BCUT2D eigenvalue weighted by Crippen LogP contribution is -2.60. The number of ether oxygens (including phenoxy) is 1. The van der Waals surface area contributed by atoms with Crippen LogP contribution in [-0.4, -0.2) is 67.4 Å². The summed E-state index contributed by atoms with van der Waals surface area (Å²) in [6.45, 7) is 4.62. The Morgan fingerprint density at radius 3 is 2.55 bits per heavy atom. The van der Waals surface area contributed by atoms with Gasteiger partial charge in [0.1, 0.15) is 0 Å². The van der Waals surface area contributed by atoms with Crippen LogP contribution in [0.15, 0.2) is 28.9 Å². The van der Waals surface area contributed by atoms with Crippen LogP contribution < -0.4 is 0 Å². The van der Waals surface area contributed by atoms with Crippen molar-refractivity contribution in [2.45, 2.75) is 50.6 Å². The molecule has 0 N–H and O–H groups in total. The summed E-state index contributed by atoms with van der Waals surface area (Å²) in [5.41, 5.74) is 2.81. The van der Waals surface area contributed by atoms with E-state index in [2.05, 4.69) is 30.4 Å². The molecule has 174 valence electrons.